The Hall–Kier alpha value is -2.82. The van der Waals surface area contributed by atoms with Crippen molar-refractivity contribution >= 4 is 17.5 Å². The maximum atomic E-state index is 12.8. The van der Waals surface area contributed by atoms with E-state index in [1.165, 1.54) is 0 Å². The van der Waals surface area contributed by atoms with Gasteiger partial charge in [-0.05, 0) is 55.9 Å². The third-order valence-electron chi connectivity index (χ3n) is 5.54. The number of amides is 2. The highest BCUT2D eigenvalue weighted by molar-refractivity contribution is 6.04. The summed E-state index contributed by atoms with van der Waals surface area (Å²) >= 11 is 0. The minimum Gasteiger partial charge on any atom is -0.481 e. The third-order valence-corrected chi connectivity index (χ3v) is 5.54. The molecule has 2 atom stereocenters. The van der Waals surface area contributed by atoms with Gasteiger partial charge in [-0.25, -0.2) is 0 Å². The molecule has 1 fully saturated rings. The van der Waals surface area contributed by atoms with E-state index >= 15 is 0 Å². The van der Waals surface area contributed by atoms with Crippen LogP contribution in [0, 0.1) is 0 Å². The predicted molar refractivity (Wildman–Crippen MR) is 115 cm³/mol. The number of nitrogens with one attached hydrogen (secondary N) is 1. The lowest BCUT2D eigenvalue weighted by molar-refractivity contribution is -0.122. The Bertz CT molecular complexity index is 859. The number of carbonyl (C=O) groups is 2. The van der Waals surface area contributed by atoms with Gasteiger partial charge < -0.3 is 15.0 Å². The molecule has 1 saturated heterocycles. The number of ether oxygens (including phenoxy) is 1. The average molecular weight is 395 g/mol. The fourth-order valence-electron chi connectivity index (χ4n) is 3.56. The van der Waals surface area contributed by atoms with Gasteiger partial charge in [-0.1, -0.05) is 44.2 Å². The molecule has 3 rings (SSSR count). The SMILES string of the molecule is CCC(C)c1ccccc1OC(C)C(=O)Nc1ccccc1C(=O)N1CCCC1. The van der Waals surface area contributed by atoms with E-state index in [2.05, 4.69) is 19.2 Å². The van der Waals surface area contributed by atoms with Gasteiger partial charge in [-0.2, -0.15) is 0 Å². The van der Waals surface area contributed by atoms with E-state index in [1.54, 1.807) is 19.1 Å². The Kier molecular flexibility index (Phi) is 6.91. The second kappa shape index (κ2) is 9.59. The highest BCUT2D eigenvalue weighted by Gasteiger charge is 2.24. The number of para-hydroxylation sites is 2. The molecule has 2 unspecified atom stereocenters. The van der Waals surface area contributed by atoms with Gasteiger partial charge in [-0.15, -0.1) is 0 Å². The Morgan fingerprint density at radius 2 is 1.69 bits per heavy atom. The molecule has 2 aromatic carbocycles. The van der Waals surface area contributed by atoms with Crippen LogP contribution >= 0.6 is 0 Å². The third kappa shape index (κ3) is 4.97. The van der Waals surface area contributed by atoms with Gasteiger partial charge >= 0.3 is 0 Å². The van der Waals surface area contributed by atoms with Gasteiger partial charge in [0.15, 0.2) is 6.10 Å². The maximum absolute atomic E-state index is 12.8. The van der Waals surface area contributed by atoms with Crippen LogP contribution in [-0.2, 0) is 4.79 Å². The number of rotatable bonds is 7. The first-order valence-electron chi connectivity index (χ1n) is 10.5. The topological polar surface area (TPSA) is 58.6 Å². The second-order valence-corrected chi connectivity index (χ2v) is 7.64. The van der Waals surface area contributed by atoms with Crippen molar-refractivity contribution in [2.75, 3.05) is 18.4 Å². The van der Waals surface area contributed by atoms with Gasteiger partial charge in [0.2, 0.25) is 0 Å². The lowest BCUT2D eigenvalue weighted by atomic mass is 9.98. The summed E-state index contributed by atoms with van der Waals surface area (Å²) in [6.07, 6.45) is 2.36. The Morgan fingerprint density at radius 1 is 1.03 bits per heavy atom. The quantitative estimate of drug-likeness (QED) is 0.731. The molecule has 154 valence electrons. The van der Waals surface area contributed by atoms with E-state index in [0.717, 1.165) is 43.7 Å². The summed E-state index contributed by atoms with van der Waals surface area (Å²) in [6.45, 7) is 7.55. The number of benzene rings is 2. The molecule has 0 saturated carbocycles. The van der Waals surface area contributed by atoms with E-state index in [-0.39, 0.29) is 11.8 Å². The van der Waals surface area contributed by atoms with Gasteiger partial charge in [-0.3, -0.25) is 9.59 Å². The average Bonchev–Trinajstić information content (AvgIpc) is 3.28. The zero-order chi connectivity index (χ0) is 20.8. The van der Waals surface area contributed by atoms with Gasteiger partial charge in [0.25, 0.3) is 11.8 Å². The van der Waals surface area contributed by atoms with Crippen LogP contribution in [0.4, 0.5) is 5.69 Å². The zero-order valence-electron chi connectivity index (χ0n) is 17.5. The van der Waals surface area contributed by atoms with E-state index < -0.39 is 6.10 Å². The van der Waals surface area contributed by atoms with Crippen LogP contribution in [0.15, 0.2) is 48.5 Å². The van der Waals surface area contributed by atoms with Crippen molar-refractivity contribution < 1.29 is 14.3 Å². The van der Waals surface area contributed by atoms with E-state index in [1.807, 2.05) is 41.3 Å². The van der Waals surface area contributed by atoms with Crippen LogP contribution in [0.5, 0.6) is 5.75 Å². The van der Waals surface area contributed by atoms with Crippen LogP contribution in [0.25, 0.3) is 0 Å². The summed E-state index contributed by atoms with van der Waals surface area (Å²) in [7, 11) is 0. The Balaban J connectivity index is 1.72. The number of hydrogen-bond acceptors (Lipinski definition) is 3. The molecular weight excluding hydrogens is 364 g/mol. The molecule has 0 aromatic heterocycles. The van der Waals surface area contributed by atoms with Crippen molar-refractivity contribution in [1.29, 1.82) is 0 Å². The highest BCUT2D eigenvalue weighted by Crippen LogP contribution is 2.29. The number of likely N-dealkylation sites (tertiary alicyclic amines) is 1. The molecule has 1 N–H and O–H groups in total. The Morgan fingerprint density at radius 3 is 2.41 bits per heavy atom. The molecule has 5 nitrogen and oxygen atoms in total. The molecule has 1 aliphatic heterocycles. The predicted octanol–water partition coefficient (Wildman–Crippen LogP) is 4.84. The summed E-state index contributed by atoms with van der Waals surface area (Å²) in [5, 5.41) is 2.89. The molecule has 1 aliphatic rings. The van der Waals surface area contributed by atoms with Crippen molar-refractivity contribution in [3.05, 3.63) is 59.7 Å². The largest absolute Gasteiger partial charge is 0.481 e. The van der Waals surface area contributed by atoms with Crippen molar-refractivity contribution in [2.45, 2.75) is 52.1 Å². The minimum atomic E-state index is -0.685. The van der Waals surface area contributed by atoms with Gasteiger partial charge in [0.1, 0.15) is 5.75 Å². The van der Waals surface area contributed by atoms with Gasteiger partial charge in [0, 0.05) is 13.1 Å². The molecule has 0 aliphatic carbocycles. The number of hydrogen-bond donors (Lipinski definition) is 1. The molecule has 29 heavy (non-hydrogen) atoms. The normalized spacial score (nSPS) is 15.6. The number of anilines is 1. The van der Waals surface area contributed by atoms with Crippen LogP contribution in [0.3, 0.4) is 0 Å². The fraction of sp³-hybridized carbons (Fsp3) is 0.417. The molecule has 0 radical (unpaired) electrons. The molecule has 0 bridgehead atoms. The lowest BCUT2D eigenvalue weighted by Crippen LogP contribution is -2.32. The molecule has 1 heterocycles. The Labute approximate surface area is 173 Å². The van der Waals surface area contributed by atoms with Crippen LogP contribution in [-0.4, -0.2) is 35.9 Å². The molecule has 5 heteroatoms. The number of carbonyl (C=O) groups excluding carboxylic acids is 2. The van der Waals surface area contributed by atoms with E-state index in [9.17, 15) is 9.59 Å². The fourth-order valence-corrected chi connectivity index (χ4v) is 3.56. The monoisotopic (exact) mass is 394 g/mol. The minimum absolute atomic E-state index is 0.0333. The van der Waals surface area contributed by atoms with Crippen LogP contribution in [0.2, 0.25) is 0 Å². The lowest BCUT2D eigenvalue weighted by Gasteiger charge is -2.21. The molecule has 0 spiro atoms. The molecule has 2 amide bonds. The maximum Gasteiger partial charge on any atom is 0.265 e. The second-order valence-electron chi connectivity index (χ2n) is 7.64. The van der Waals surface area contributed by atoms with E-state index in [4.69, 9.17) is 4.74 Å². The molecule has 2 aromatic rings. The van der Waals surface area contributed by atoms with Crippen molar-refractivity contribution in [1.82, 2.24) is 4.90 Å². The first-order valence-corrected chi connectivity index (χ1v) is 10.5. The number of nitrogens with zero attached hydrogens (tertiary/aromatic N) is 1. The van der Waals surface area contributed by atoms with Crippen molar-refractivity contribution in [3.8, 4) is 5.75 Å². The summed E-state index contributed by atoms with van der Waals surface area (Å²) < 4.78 is 6.00. The summed E-state index contributed by atoms with van der Waals surface area (Å²) in [5.41, 5.74) is 2.15. The van der Waals surface area contributed by atoms with Crippen LogP contribution in [0.1, 0.15) is 61.9 Å². The summed E-state index contributed by atoms with van der Waals surface area (Å²) in [6, 6.07) is 15.0. The summed E-state index contributed by atoms with van der Waals surface area (Å²) in [4.78, 5) is 27.4. The molecular formula is C24H30N2O3. The smallest absolute Gasteiger partial charge is 0.265 e. The van der Waals surface area contributed by atoms with Gasteiger partial charge in [0.05, 0.1) is 11.3 Å². The van der Waals surface area contributed by atoms with E-state index in [0.29, 0.717) is 17.2 Å². The standard InChI is InChI=1S/C24H30N2O3/c1-4-17(2)19-11-6-8-14-22(19)29-18(3)23(27)25-21-13-7-5-12-20(21)24(28)26-15-9-10-16-26/h5-8,11-14,17-18H,4,9-10,15-16H2,1-3H3,(H,25,27). The first-order chi connectivity index (χ1) is 14.0. The highest BCUT2D eigenvalue weighted by atomic mass is 16.5. The van der Waals surface area contributed by atoms with Crippen molar-refractivity contribution in [3.63, 3.8) is 0 Å². The van der Waals surface area contributed by atoms with Crippen molar-refractivity contribution in [2.24, 2.45) is 0 Å². The summed E-state index contributed by atoms with van der Waals surface area (Å²) in [5.74, 6) is 0.769. The van der Waals surface area contributed by atoms with Crippen LogP contribution < -0.4 is 10.1 Å². The zero-order valence-corrected chi connectivity index (χ0v) is 17.5. The first kappa shape index (κ1) is 20.9.